The van der Waals surface area contributed by atoms with Crippen LogP contribution in [-0.2, 0) is 0 Å². The fourth-order valence-electron chi connectivity index (χ4n) is 2.03. The van der Waals surface area contributed by atoms with E-state index in [4.69, 9.17) is 28.9 Å². The maximum absolute atomic E-state index is 12.4. The number of pyridine rings is 1. The number of aromatic nitrogens is 2. The Morgan fingerprint density at radius 3 is 2.65 bits per heavy atom. The van der Waals surface area contributed by atoms with Crippen molar-refractivity contribution in [2.24, 2.45) is 0 Å². The van der Waals surface area contributed by atoms with Crippen LogP contribution in [-0.4, -0.2) is 15.8 Å². The van der Waals surface area contributed by atoms with Crippen LogP contribution in [0.1, 0.15) is 16.2 Å². The van der Waals surface area contributed by atoms with Crippen molar-refractivity contribution < 1.29 is 4.79 Å². The van der Waals surface area contributed by atoms with E-state index in [0.29, 0.717) is 21.2 Å². The molecule has 0 amide bonds. The van der Waals surface area contributed by atoms with Gasteiger partial charge in [-0.2, -0.15) is 0 Å². The van der Waals surface area contributed by atoms with E-state index < -0.39 is 0 Å². The molecular formula is C14H9Cl2N3O. The molecule has 4 nitrogen and oxygen atoms in total. The molecular weight excluding hydrogens is 297 g/mol. The maximum Gasteiger partial charge on any atom is 0.229 e. The molecule has 3 rings (SSSR count). The van der Waals surface area contributed by atoms with Crippen molar-refractivity contribution in [1.29, 1.82) is 0 Å². The fourth-order valence-corrected chi connectivity index (χ4v) is 2.36. The van der Waals surface area contributed by atoms with Gasteiger partial charge in [-0.15, -0.1) is 0 Å². The SMILES string of the molecule is Nc1c(C(=O)c2cc(Cl)ccn2)[nH]c2cc(Cl)ccc12. The number of ketones is 1. The van der Waals surface area contributed by atoms with E-state index in [1.807, 2.05) is 0 Å². The number of nitrogens with two attached hydrogens (primary N) is 1. The molecule has 100 valence electrons. The Hall–Kier alpha value is -2.04. The average Bonchev–Trinajstić information content (AvgIpc) is 2.74. The van der Waals surface area contributed by atoms with E-state index in [9.17, 15) is 4.79 Å². The van der Waals surface area contributed by atoms with Crippen LogP contribution in [0.5, 0.6) is 0 Å². The first-order valence-corrected chi connectivity index (χ1v) is 6.55. The van der Waals surface area contributed by atoms with Crippen molar-refractivity contribution in [3.05, 3.63) is 58.0 Å². The summed E-state index contributed by atoms with van der Waals surface area (Å²) in [6.07, 6.45) is 1.48. The number of carbonyl (C=O) groups excluding carboxylic acids is 1. The zero-order valence-corrected chi connectivity index (χ0v) is 11.7. The monoisotopic (exact) mass is 305 g/mol. The number of anilines is 1. The molecule has 0 atom stereocenters. The Bertz CT molecular complexity index is 826. The number of aromatic amines is 1. The van der Waals surface area contributed by atoms with Gasteiger partial charge in [0.1, 0.15) is 11.4 Å². The molecule has 3 N–H and O–H groups in total. The van der Waals surface area contributed by atoms with Gasteiger partial charge in [0.15, 0.2) is 0 Å². The van der Waals surface area contributed by atoms with Crippen LogP contribution in [0.15, 0.2) is 36.5 Å². The lowest BCUT2D eigenvalue weighted by molar-refractivity contribution is 0.103. The van der Waals surface area contributed by atoms with Crippen molar-refractivity contribution in [3.8, 4) is 0 Å². The molecule has 0 spiro atoms. The molecule has 2 aromatic heterocycles. The van der Waals surface area contributed by atoms with Gasteiger partial charge in [-0.25, -0.2) is 0 Å². The summed E-state index contributed by atoms with van der Waals surface area (Å²) in [5.41, 5.74) is 7.62. The first-order valence-electron chi connectivity index (χ1n) is 5.79. The maximum atomic E-state index is 12.4. The number of nitrogens with zero attached hydrogens (tertiary/aromatic N) is 1. The minimum absolute atomic E-state index is 0.238. The van der Waals surface area contributed by atoms with Crippen LogP contribution in [0.25, 0.3) is 10.9 Å². The van der Waals surface area contributed by atoms with E-state index >= 15 is 0 Å². The quantitative estimate of drug-likeness (QED) is 0.709. The highest BCUT2D eigenvalue weighted by atomic mass is 35.5. The molecule has 20 heavy (non-hydrogen) atoms. The highest BCUT2D eigenvalue weighted by Gasteiger charge is 2.18. The molecule has 0 fully saturated rings. The Morgan fingerprint density at radius 1 is 1.15 bits per heavy atom. The van der Waals surface area contributed by atoms with Gasteiger partial charge in [-0.3, -0.25) is 9.78 Å². The molecule has 0 radical (unpaired) electrons. The smallest absolute Gasteiger partial charge is 0.229 e. The number of hydrogen-bond acceptors (Lipinski definition) is 3. The van der Waals surface area contributed by atoms with Gasteiger partial charge in [0.25, 0.3) is 0 Å². The molecule has 1 aromatic carbocycles. The second-order valence-corrected chi connectivity index (χ2v) is 5.16. The lowest BCUT2D eigenvalue weighted by atomic mass is 10.1. The van der Waals surface area contributed by atoms with Crippen molar-refractivity contribution in [3.63, 3.8) is 0 Å². The number of fused-ring (bicyclic) bond motifs is 1. The first-order chi connectivity index (χ1) is 9.56. The number of rotatable bonds is 2. The summed E-state index contributed by atoms with van der Waals surface area (Å²) < 4.78 is 0. The largest absolute Gasteiger partial charge is 0.396 e. The molecule has 0 aliphatic rings. The van der Waals surface area contributed by atoms with E-state index in [-0.39, 0.29) is 17.2 Å². The third kappa shape index (κ3) is 2.13. The van der Waals surface area contributed by atoms with Crippen LogP contribution in [0.3, 0.4) is 0 Å². The molecule has 0 saturated carbocycles. The van der Waals surface area contributed by atoms with Crippen molar-refractivity contribution in [2.45, 2.75) is 0 Å². The van der Waals surface area contributed by atoms with Gasteiger partial charge >= 0.3 is 0 Å². The number of nitrogens with one attached hydrogen (secondary N) is 1. The van der Waals surface area contributed by atoms with Crippen molar-refractivity contribution in [1.82, 2.24) is 9.97 Å². The number of nitrogen functional groups attached to an aromatic ring is 1. The first kappa shape index (κ1) is 13.0. The molecule has 0 aliphatic heterocycles. The Balaban J connectivity index is 2.14. The van der Waals surface area contributed by atoms with Gasteiger partial charge < -0.3 is 10.7 Å². The average molecular weight is 306 g/mol. The van der Waals surface area contributed by atoms with Crippen LogP contribution < -0.4 is 5.73 Å². The molecule has 2 heterocycles. The van der Waals surface area contributed by atoms with Gasteiger partial charge in [0.05, 0.1) is 5.69 Å². The molecule has 0 unspecified atom stereocenters. The second-order valence-electron chi connectivity index (χ2n) is 4.29. The minimum atomic E-state index is -0.308. The zero-order valence-electron chi connectivity index (χ0n) is 10.2. The van der Waals surface area contributed by atoms with E-state index in [0.717, 1.165) is 5.39 Å². The summed E-state index contributed by atoms with van der Waals surface area (Å²) >= 11 is 11.8. The minimum Gasteiger partial charge on any atom is -0.396 e. The third-order valence-electron chi connectivity index (χ3n) is 2.98. The van der Waals surface area contributed by atoms with E-state index in [1.54, 1.807) is 24.3 Å². The summed E-state index contributed by atoms with van der Waals surface area (Å²) in [5, 5.41) is 1.76. The summed E-state index contributed by atoms with van der Waals surface area (Å²) in [5.74, 6) is -0.308. The fraction of sp³-hybridized carbons (Fsp3) is 0. The lowest BCUT2D eigenvalue weighted by Crippen LogP contribution is -2.06. The summed E-state index contributed by atoms with van der Waals surface area (Å²) in [6.45, 7) is 0. The van der Waals surface area contributed by atoms with Gasteiger partial charge in [0, 0.05) is 27.1 Å². The molecule has 0 bridgehead atoms. The highest BCUT2D eigenvalue weighted by molar-refractivity contribution is 6.32. The Kier molecular flexibility index (Phi) is 3.12. The van der Waals surface area contributed by atoms with Gasteiger partial charge in [-0.05, 0) is 30.3 Å². The van der Waals surface area contributed by atoms with E-state index in [2.05, 4.69) is 9.97 Å². The predicted octanol–water partition coefficient (Wildman–Crippen LogP) is 3.68. The standard InChI is InChI=1S/C14H9Cl2N3O/c15-7-1-2-9-10(5-7)19-13(12(9)17)14(20)11-6-8(16)3-4-18-11/h1-6,19H,17H2. The number of benzene rings is 1. The van der Waals surface area contributed by atoms with Gasteiger partial charge in [-0.1, -0.05) is 23.2 Å². The number of halogens is 2. The van der Waals surface area contributed by atoms with E-state index in [1.165, 1.54) is 12.3 Å². The zero-order chi connectivity index (χ0) is 14.3. The number of hydrogen-bond donors (Lipinski definition) is 2. The Labute approximate surface area is 124 Å². The number of H-pyrrole nitrogens is 1. The van der Waals surface area contributed by atoms with Crippen molar-refractivity contribution in [2.75, 3.05) is 5.73 Å². The molecule has 0 aliphatic carbocycles. The van der Waals surface area contributed by atoms with Crippen molar-refractivity contribution >= 4 is 45.6 Å². The predicted molar refractivity (Wildman–Crippen MR) is 80.4 cm³/mol. The molecule has 6 heteroatoms. The Morgan fingerprint density at radius 2 is 1.90 bits per heavy atom. The summed E-state index contributed by atoms with van der Waals surface area (Å²) in [6, 6.07) is 8.32. The van der Waals surface area contributed by atoms with Crippen LogP contribution in [0, 0.1) is 0 Å². The second kappa shape index (κ2) is 4.81. The summed E-state index contributed by atoms with van der Waals surface area (Å²) in [4.78, 5) is 19.4. The molecule has 0 saturated heterocycles. The summed E-state index contributed by atoms with van der Waals surface area (Å²) in [7, 11) is 0. The highest BCUT2D eigenvalue weighted by Crippen LogP contribution is 2.28. The van der Waals surface area contributed by atoms with Crippen LogP contribution in [0.4, 0.5) is 5.69 Å². The normalized spacial score (nSPS) is 10.9. The van der Waals surface area contributed by atoms with Crippen LogP contribution >= 0.6 is 23.2 Å². The topological polar surface area (TPSA) is 71.8 Å². The third-order valence-corrected chi connectivity index (χ3v) is 3.45. The number of carbonyl (C=O) groups is 1. The lowest BCUT2D eigenvalue weighted by Gasteiger charge is -1.99. The molecule has 3 aromatic rings. The van der Waals surface area contributed by atoms with Crippen LogP contribution in [0.2, 0.25) is 10.0 Å². The van der Waals surface area contributed by atoms with Gasteiger partial charge in [0.2, 0.25) is 5.78 Å².